The molecule has 0 spiro atoms. The number of morpholine rings is 1. The second-order valence-electron chi connectivity index (χ2n) is 4.04. The Morgan fingerprint density at radius 1 is 1.44 bits per heavy atom. The number of methoxy groups -OCH3 is 1. The van der Waals surface area contributed by atoms with E-state index in [1.807, 2.05) is 12.1 Å². The van der Waals surface area contributed by atoms with Gasteiger partial charge in [-0.15, -0.1) is 0 Å². The monoisotopic (exact) mass is 285 g/mol. The van der Waals surface area contributed by atoms with Crippen molar-refractivity contribution in [2.24, 2.45) is 0 Å². The lowest BCUT2D eigenvalue weighted by molar-refractivity contribution is 0.0497. The summed E-state index contributed by atoms with van der Waals surface area (Å²) in [4.78, 5) is 0. The molecule has 0 radical (unpaired) electrons. The molecule has 0 aromatic heterocycles. The molecule has 88 valence electrons. The van der Waals surface area contributed by atoms with Crippen molar-refractivity contribution in [3.8, 4) is 5.75 Å². The van der Waals surface area contributed by atoms with Gasteiger partial charge in [0.05, 0.1) is 26.4 Å². The maximum Gasteiger partial charge on any atom is 0.123 e. The molecule has 2 unspecified atom stereocenters. The Bertz CT molecular complexity index is 370. The summed E-state index contributed by atoms with van der Waals surface area (Å²) in [7, 11) is 1.69. The molecule has 0 amide bonds. The number of hydrogen-bond acceptors (Lipinski definition) is 3. The summed E-state index contributed by atoms with van der Waals surface area (Å²) in [5, 5.41) is 3.51. The van der Waals surface area contributed by atoms with E-state index < -0.39 is 0 Å². The van der Waals surface area contributed by atoms with Crippen LogP contribution in [0, 0.1) is 0 Å². The molecule has 1 N–H and O–H groups in total. The van der Waals surface area contributed by atoms with Crippen molar-refractivity contribution in [3.63, 3.8) is 0 Å². The van der Waals surface area contributed by atoms with Crippen LogP contribution in [-0.4, -0.2) is 26.4 Å². The number of rotatable bonds is 2. The van der Waals surface area contributed by atoms with E-state index in [1.165, 1.54) is 0 Å². The lowest BCUT2D eigenvalue weighted by Gasteiger charge is -2.30. The minimum absolute atomic E-state index is 0.205. The molecule has 1 aliphatic heterocycles. The fourth-order valence-electron chi connectivity index (χ4n) is 1.96. The van der Waals surface area contributed by atoms with Crippen LogP contribution in [0.25, 0.3) is 0 Å². The Balaban J connectivity index is 2.26. The molecule has 1 aliphatic rings. The lowest BCUT2D eigenvalue weighted by Crippen LogP contribution is -2.41. The van der Waals surface area contributed by atoms with Gasteiger partial charge in [-0.2, -0.15) is 0 Å². The van der Waals surface area contributed by atoms with E-state index in [1.54, 1.807) is 7.11 Å². The van der Waals surface area contributed by atoms with Crippen LogP contribution in [0.4, 0.5) is 0 Å². The molecule has 1 aromatic rings. The van der Waals surface area contributed by atoms with Crippen LogP contribution < -0.4 is 10.1 Å². The predicted octanol–water partition coefficient (Wildman–Crippen LogP) is 2.51. The Hall–Kier alpha value is -0.580. The van der Waals surface area contributed by atoms with Crippen LogP contribution in [0.15, 0.2) is 22.7 Å². The van der Waals surface area contributed by atoms with Gasteiger partial charge in [0.15, 0.2) is 0 Å². The molecule has 0 aliphatic carbocycles. The quantitative estimate of drug-likeness (QED) is 0.906. The minimum atomic E-state index is 0.205. The van der Waals surface area contributed by atoms with Crippen molar-refractivity contribution >= 4 is 15.9 Å². The van der Waals surface area contributed by atoms with E-state index in [0.717, 1.165) is 22.4 Å². The first kappa shape index (κ1) is 11.9. The molecule has 0 saturated carbocycles. The molecule has 2 rings (SSSR count). The van der Waals surface area contributed by atoms with E-state index >= 15 is 0 Å². The first-order valence-electron chi connectivity index (χ1n) is 5.38. The third-order valence-corrected chi connectivity index (χ3v) is 3.20. The van der Waals surface area contributed by atoms with Gasteiger partial charge in [-0.1, -0.05) is 15.9 Å². The average molecular weight is 286 g/mol. The molecule has 0 bridgehead atoms. The fourth-order valence-corrected chi connectivity index (χ4v) is 2.34. The number of ether oxygens (including phenoxy) is 2. The summed E-state index contributed by atoms with van der Waals surface area (Å²) in [5.74, 6) is 0.901. The molecule has 1 heterocycles. The summed E-state index contributed by atoms with van der Waals surface area (Å²) >= 11 is 3.48. The fraction of sp³-hybridized carbons (Fsp3) is 0.500. The molecule has 2 atom stereocenters. The van der Waals surface area contributed by atoms with Crippen LogP contribution in [0.3, 0.4) is 0 Å². The van der Waals surface area contributed by atoms with E-state index in [9.17, 15) is 0 Å². The summed E-state index contributed by atoms with van der Waals surface area (Å²) in [6.07, 6.45) is 0. The van der Waals surface area contributed by atoms with Gasteiger partial charge in [-0.3, -0.25) is 0 Å². The van der Waals surface area contributed by atoms with Crippen molar-refractivity contribution in [1.29, 1.82) is 0 Å². The first-order chi connectivity index (χ1) is 7.70. The highest BCUT2D eigenvalue weighted by Gasteiger charge is 2.22. The molecule has 4 heteroatoms. The predicted molar refractivity (Wildman–Crippen MR) is 66.9 cm³/mol. The molecular weight excluding hydrogens is 270 g/mol. The number of nitrogens with one attached hydrogen (secondary N) is 1. The van der Waals surface area contributed by atoms with Crippen molar-refractivity contribution in [2.75, 3.05) is 20.3 Å². The highest BCUT2D eigenvalue weighted by molar-refractivity contribution is 9.10. The standard InChI is InChI=1S/C12H16BrNO2/c1-8-6-16-7-11(14-8)10-5-9(13)3-4-12(10)15-2/h3-5,8,11,14H,6-7H2,1-2H3. The summed E-state index contributed by atoms with van der Waals surface area (Å²) in [5.41, 5.74) is 1.14. The van der Waals surface area contributed by atoms with E-state index in [2.05, 4.69) is 34.2 Å². The lowest BCUT2D eigenvalue weighted by atomic mass is 10.0. The van der Waals surface area contributed by atoms with Crippen LogP contribution >= 0.6 is 15.9 Å². The van der Waals surface area contributed by atoms with Gasteiger partial charge >= 0.3 is 0 Å². The molecule has 1 saturated heterocycles. The second kappa shape index (κ2) is 5.17. The zero-order valence-corrected chi connectivity index (χ0v) is 11.1. The summed E-state index contributed by atoms with van der Waals surface area (Å²) in [6.45, 7) is 3.58. The largest absolute Gasteiger partial charge is 0.496 e. The van der Waals surface area contributed by atoms with Crippen molar-refractivity contribution < 1.29 is 9.47 Å². The zero-order chi connectivity index (χ0) is 11.5. The Kier molecular flexibility index (Phi) is 3.84. The van der Waals surface area contributed by atoms with Gasteiger partial charge in [0.1, 0.15) is 5.75 Å². The summed E-state index contributed by atoms with van der Waals surface area (Å²) < 4.78 is 12.0. The van der Waals surface area contributed by atoms with Crippen molar-refractivity contribution in [1.82, 2.24) is 5.32 Å². The first-order valence-corrected chi connectivity index (χ1v) is 6.17. The highest BCUT2D eigenvalue weighted by Crippen LogP contribution is 2.30. The van der Waals surface area contributed by atoms with E-state index in [-0.39, 0.29) is 6.04 Å². The van der Waals surface area contributed by atoms with Gasteiger partial charge in [0.2, 0.25) is 0 Å². The number of benzene rings is 1. The third kappa shape index (κ3) is 2.56. The molecule has 1 fully saturated rings. The van der Waals surface area contributed by atoms with Gasteiger partial charge in [0.25, 0.3) is 0 Å². The smallest absolute Gasteiger partial charge is 0.123 e. The SMILES string of the molecule is COc1ccc(Br)cc1C1COCC(C)N1. The van der Waals surface area contributed by atoms with Gasteiger partial charge < -0.3 is 14.8 Å². The van der Waals surface area contributed by atoms with Crippen LogP contribution in [0.1, 0.15) is 18.5 Å². The summed E-state index contributed by atoms with van der Waals surface area (Å²) in [6, 6.07) is 6.62. The minimum Gasteiger partial charge on any atom is -0.496 e. The maximum atomic E-state index is 5.55. The van der Waals surface area contributed by atoms with Crippen molar-refractivity contribution in [2.45, 2.75) is 19.0 Å². The van der Waals surface area contributed by atoms with Crippen LogP contribution in [0.5, 0.6) is 5.75 Å². The van der Waals surface area contributed by atoms with E-state index in [4.69, 9.17) is 9.47 Å². The van der Waals surface area contributed by atoms with Gasteiger partial charge in [0, 0.05) is 16.1 Å². The number of hydrogen-bond donors (Lipinski definition) is 1. The van der Waals surface area contributed by atoms with Crippen molar-refractivity contribution in [3.05, 3.63) is 28.2 Å². The second-order valence-corrected chi connectivity index (χ2v) is 4.96. The maximum absolute atomic E-state index is 5.55. The van der Waals surface area contributed by atoms with Gasteiger partial charge in [-0.25, -0.2) is 0 Å². The topological polar surface area (TPSA) is 30.5 Å². The Morgan fingerprint density at radius 3 is 2.94 bits per heavy atom. The van der Waals surface area contributed by atoms with Gasteiger partial charge in [-0.05, 0) is 25.1 Å². The average Bonchev–Trinajstić information content (AvgIpc) is 2.29. The normalized spacial score (nSPS) is 25.4. The number of halogens is 1. The third-order valence-electron chi connectivity index (χ3n) is 2.71. The van der Waals surface area contributed by atoms with Crippen LogP contribution in [0.2, 0.25) is 0 Å². The molecular formula is C12H16BrNO2. The van der Waals surface area contributed by atoms with Crippen LogP contribution in [-0.2, 0) is 4.74 Å². The molecule has 16 heavy (non-hydrogen) atoms. The molecule has 3 nitrogen and oxygen atoms in total. The Labute approximate surface area is 104 Å². The Morgan fingerprint density at radius 2 is 2.25 bits per heavy atom. The highest BCUT2D eigenvalue weighted by atomic mass is 79.9. The molecule has 1 aromatic carbocycles. The van der Waals surface area contributed by atoms with E-state index in [0.29, 0.717) is 12.6 Å². The zero-order valence-electron chi connectivity index (χ0n) is 9.50.